The molecule has 0 saturated carbocycles. The van der Waals surface area contributed by atoms with E-state index in [2.05, 4.69) is 18.4 Å². The fourth-order valence-electron chi connectivity index (χ4n) is 0.631. The second-order valence-electron chi connectivity index (χ2n) is 2.38. The molecular formula is C7H13N3O2. The number of aliphatic hydroxyl groups is 1. The van der Waals surface area contributed by atoms with Gasteiger partial charge in [0.1, 0.15) is 5.70 Å². The van der Waals surface area contributed by atoms with Crippen molar-refractivity contribution in [1.82, 2.24) is 5.01 Å². The molecule has 5 nitrogen and oxygen atoms in total. The molecule has 1 unspecified atom stereocenters. The lowest BCUT2D eigenvalue weighted by molar-refractivity contribution is -0.116. The molecule has 0 rings (SSSR count). The van der Waals surface area contributed by atoms with Crippen LogP contribution in [0.15, 0.2) is 17.4 Å². The average molecular weight is 171 g/mol. The third-order valence-electron chi connectivity index (χ3n) is 1.20. The van der Waals surface area contributed by atoms with Crippen molar-refractivity contribution >= 4 is 12.6 Å². The van der Waals surface area contributed by atoms with Crippen LogP contribution in [-0.4, -0.2) is 35.4 Å². The van der Waals surface area contributed by atoms with Gasteiger partial charge in [-0.05, 0) is 6.92 Å². The second-order valence-corrected chi connectivity index (χ2v) is 2.38. The Balaban J connectivity index is 4.25. The van der Waals surface area contributed by atoms with Crippen molar-refractivity contribution in [2.45, 2.75) is 13.0 Å². The number of hydrogen-bond donors (Lipinski definition) is 2. The van der Waals surface area contributed by atoms with Gasteiger partial charge in [0.05, 0.1) is 12.6 Å². The summed E-state index contributed by atoms with van der Waals surface area (Å²) >= 11 is 0. The van der Waals surface area contributed by atoms with Gasteiger partial charge in [0.25, 0.3) is 5.91 Å². The van der Waals surface area contributed by atoms with E-state index in [9.17, 15) is 4.79 Å². The van der Waals surface area contributed by atoms with Gasteiger partial charge in [-0.3, -0.25) is 9.80 Å². The van der Waals surface area contributed by atoms with E-state index in [4.69, 9.17) is 10.8 Å². The number of hydrazone groups is 1. The van der Waals surface area contributed by atoms with Crippen LogP contribution in [0.2, 0.25) is 0 Å². The Kier molecular flexibility index (Phi) is 3.99. The van der Waals surface area contributed by atoms with Crippen molar-refractivity contribution in [3.63, 3.8) is 0 Å². The first-order chi connectivity index (χ1) is 5.49. The first-order valence-corrected chi connectivity index (χ1v) is 3.40. The van der Waals surface area contributed by atoms with Crippen molar-refractivity contribution in [3.05, 3.63) is 12.3 Å². The number of carbonyl (C=O) groups is 1. The van der Waals surface area contributed by atoms with Crippen LogP contribution in [0.4, 0.5) is 0 Å². The Bertz CT molecular complexity index is 201. The highest BCUT2D eigenvalue weighted by Crippen LogP contribution is 2.01. The summed E-state index contributed by atoms with van der Waals surface area (Å²) in [6, 6.07) is 0. The summed E-state index contributed by atoms with van der Waals surface area (Å²) in [7, 11) is 0. The van der Waals surface area contributed by atoms with Crippen molar-refractivity contribution in [3.8, 4) is 0 Å². The van der Waals surface area contributed by atoms with Gasteiger partial charge in [-0.25, -0.2) is 0 Å². The normalized spacial score (nSPS) is 11.8. The molecule has 0 spiro atoms. The summed E-state index contributed by atoms with van der Waals surface area (Å²) in [6.07, 6.45) is -0.619. The lowest BCUT2D eigenvalue weighted by Crippen LogP contribution is -2.31. The minimum Gasteiger partial charge on any atom is -0.391 e. The number of primary amides is 1. The molecule has 68 valence electrons. The van der Waals surface area contributed by atoms with Crippen LogP contribution >= 0.6 is 0 Å². The third-order valence-corrected chi connectivity index (χ3v) is 1.20. The highest BCUT2D eigenvalue weighted by molar-refractivity contribution is 5.90. The molecule has 12 heavy (non-hydrogen) atoms. The zero-order chi connectivity index (χ0) is 9.72. The van der Waals surface area contributed by atoms with Crippen LogP contribution in [0.3, 0.4) is 0 Å². The Morgan fingerprint density at radius 2 is 2.33 bits per heavy atom. The molecule has 0 aromatic carbocycles. The van der Waals surface area contributed by atoms with Gasteiger partial charge >= 0.3 is 0 Å². The van der Waals surface area contributed by atoms with Gasteiger partial charge in [-0.1, -0.05) is 6.58 Å². The van der Waals surface area contributed by atoms with E-state index >= 15 is 0 Å². The summed E-state index contributed by atoms with van der Waals surface area (Å²) < 4.78 is 0. The quantitative estimate of drug-likeness (QED) is 0.325. The SMILES string of the molecule is C=NN(CC(C)O)C(=C)C(N)=O. The Labute approximate surface area is 71.2 Å². The number of hydrogen-bond acceptors (Lipinski definition) is 4. The smallest absolute Gasteiger partial charge is 0.266 e. The molecule has 0 aliphatic heterocycles. The zero-order valence-corrected chi connectivity index (χ0v) is 7.03. The molecule has 0 radical (unpaired) electrons. The van der Waals surface area contributed by atoms with E-state index in [0.29, 0.717) is 0 Å². The molecule has 3 N–H and O–H groups in total. The highest BCUT2D eigenvalue weighted by Gasteiger charge is 2.12. The van der Waals surface area contributed by atoms with Gasteiger partial charge < -0.3 is 10.8 Å². The lowest BCUT2D eigenvalue weighted by atomic mass is 10.3. The minimum absolute atomic E-state index is 0.0194. The maximum absolute atomic E-state index is 10.6. The number of amides is 1. The van der Waals surface area contributed by atoms with Gasteiger partial charge in [0.15, 0.2) is 0 Å². The Morgan fingerprint density at radius 3 is 2.58 bits per heavy atom. The monoisotopic (exact) mass is 171 g/mol. The van der Waals surface area contributed by atoms with Gasteiger partial charge in [0.2, 0.25) is 0 Å². The van der Waals surface area contributed by atoms with Crippen molar-refractivity contribution < 1.29 is 9.90 Å². The van der Waals surface area contributed by atoms with E-state index < -0.39 is 12.0 Å². The van der Waals surface area contributed by atoms with Crippen molar-refractivity contribution in [2.75, 3.05) is 6.54 Å². The molecule has 0 bridgehead atoms. The summed E-state index contributed by atoms with van der Waals surface area (Å²) in [5.74, 6) is -0.678. The number of aliphatic hydroxyl groups excluding tert-OH is 1. The van der Waals surface area contributed by atoms with E-state index in [1.807, 2.05) is 0 Å². The number of nitrogens with zero attached hydrogens (tertiary/aromatic N) is 2. The molecule has 0 aliphatic carbocycles. The van der Waals surface area contributed by atoms with Crippen LogP contribution < -0.4 is 5.73 Å². The average Bonchev–Trinajstić information content (AvgIpc) is 1.98. The topological polar surface area (TPSA) is 78.9 Å². The number of carbonyl (C=O) groups excluding carboxylic acids is 1. The Morgan fingerprint density at radius 1 is 1.83 bits per heavy atom. The first kappa shape index (κ1) is 10.6. The molecular weight excluding hydrogens is 158 g/mol. The maximum atomic E-state index is 10.6. The Hall–Kier alpha value is -1.36. The molecule has 0 fully saturated rings. The summed E-state index contributed by atoms with van der Waals surface area (Å²) in [5, 5.41) is 13.6. The van der Waals surface area contributed by atoms with Crippen LogP contribution in [-0.2, 0) is 4.79 Å². The first-order valence-electron chi connectivity index (χ1n) is 3.40. The third kappa shape index (κ3) is 3.16. The van der Waals surface area contributed by atoms with E-state index in [-0.39, 0.29) is 12.2 Å². The van der Waals surface area contributed by atoms with Crippen LogP contribution in [0, 0.1) is 0 Å². The van der Waals surface area contributed by atoms with E-state index in [0.717, 1.165) is 5.01 Å². The van der Waals surface area contributed by atoms with Crippen LogP contribution in [0.1, 0.15) is 6.92 Å². The fourth-order valence-corrected chi connectivity index (χ4v) is 0.631. The number of rotatable bonds is 5. The van der Waals surface area contributed by atoms with Crippen molar-refractivity contribution in [2.24, 2.45) is 10.8 Å². The van der Waals surface area contributed by atoms with E-state index in [1.165, 1.54) is 0 Å². The predicted molar refractivity (Wildman–Crippen MR) is 46.3 cm³/mol. The second kappa shape index (κ2) is 4.50. The number of nitrogens with two attached hydrogens (primary N) is 1. The minimum atomic E-state index is -0.678. The fraction of sp³-hybridized carbons (Fsp3) is 0.429. The summed E-state index contributed by atoms with van der Waals surface area (Å²) in [4.78, 5) is 10.6. The van der Waals surface area contributed by atoms with Gasteiger partial charge in [-0.2, -0.15) is 5.10 Å². The molecule has 0 aliphatic rings. The molecule has 1 amide bonds. The zero-order valence-electron chi connectivity index (χ0n) is 7.03. The summed E-state index contributed by atoms with van der Waals surface area (Å²) in [6.45, 7) is 8.32. The largest absolute Gasteiger partial charge is 0.391 e. The van der Waals surface area contributed by atoms with Crippen LogP contribution in [0.5, 0.6) is 0 Å². The van der Waals surface area contributed by atoms with Crippen molar-refractivity contribution in [1.29, 1.82) is 0 Å². The molecule has 0 saturated heterocycles. The molecule has 0 aromatic heterocycles. The molecule has 0 heterocycles. The van der Waals surface area contributed by atoms with Gasteiger partial charge in [-0.15, -0.1) is 0 Å². The van der Waals surface area contributed by atoms with Crippen LogP contribution in [0.25, 0.3) is 0 Å². The maximum Gasteiger partial charge on any atom is 0.266 e. The molecule has 1 atom stereocenters. The predicted octanol–water partition coefficient (Wildman–Crippen LogP) is -0.716. The van der Waals surface area contributed by atoms with Gasteiger partial charge in [0, 0.05) is 6.72 Å². The molecule has 0 aromatic rings. The highest BCUT2D eigenvalue weighted by atomic mass is 16.3. The summed E-state index contributed by atoms with van der Waals surface area (Å²) in [5.41, 5.74) is 4.96. The standard InChI is InChI=1S/C7H13N3O2/c1-5(11)4-10(9-3)6(2)7(8)12/h5,11H,2-4H2,1H3,(H2,8,12). The lowest BCUT2D eigenvalue weighted by Gasteiger charge is -2.19. The molecule has 5 heteroatoms. The van der Waals surface area contributed by atoms with E-state index in [1.54, 1.807) is 6.92 Å².